The molecule has 0 atom stereocenters. The number of benzene rings is 1. The van der Waals surface area contributed by atoms with Crippen LogP contribution in [0.5, 0.6) is 17.2 Å². The number of aromatic amines is 2. The van der Waals surface area contributed by atoms with E-state index in [0.717, 1.165) is 46.3 Å². The highest BCUT2D eigenvalue weighted by Gasteiger charge is 2.09. The molecule has 3 rings (SSSR count). The van der Waals surface area contributed by atoms with Crippen LogP contribution in [0.1, 0.15) is 11.3 Å². The van der Waals surface area contributed by atoms with Gasteiger partial charge < -0.3 is 24.2 Å². The first-order valence-electron chi connectivity index (χ1n) is 8.36. The first kappa shape index (κ1) is 17.7. The van der Waals surface area contributed by atoms with Crippen molar-refractivity contribution in [3.8, 4) is 28.6 Å². The molecule has 0 bridgehead atoms. The van der Waals surface area contributed by atoms with E-state index in [-0.39, 0.29) is 0 Å². The molecule has 0 aliphatic heterocycles. The second-order valence-corrected chi connectivity index (χ2v) is 5.72. The minimum absolute atomic E-state index is 0.662. The van der Waals surface area contributed by atoms with Crippen molar-refractivity contribution in [3.05, 3.63) is 53.9 Å². The minimum Gasteiger partial charge on any atom is -0.494 e. The second-order valence-electron chi connectivity index (χ2n) is 5.72. The maximum absolute atomic E-state index is 5.43. The fourth-order valence-corrected chi connectivity index (χ4v) is 2.74. The lowest BCUT2D eigenvalue weighted by molar-refractivity contribution is 0.354. The topological polar surface area (TPSA) is 71.6 Å². The number of aliphatic imine (C=N–C) groups is 1. The van der Waals surface area contributed by atoms with E-state index in [4.69, 9.17) is 14.2 Å². The van der Waals surface area contributed by atoms with Crippen molar-refractivity contribution in [2.24, 2.45) is 4.99 Å². The predicted molar refractivity (Wildman–Crippen MR) is 103 cm³/mol. The average Bonchev–Trinajstić information content (AvgIpc) is 3.34. The molecule has 2 N–H and O–H groups in total. The Labute approximate surface area is 152 Å². The van der Waals surface area contributed by atoms with Crippen LogP contribution >= 0.6 is 0 Å². The molecule has 2 aromatic heterocycles. The highest BCUT2D eigenvalue weighted by molar-refractivity contribution is 5.83. The molecule has 0 aliphatic carbocycles. The third-order valence-corrected chi connectivity index (χ3v) is 4.12. The van der Waals surface area contributed by atoms with Gasteiger partial charge in [-0.3, -0.25) is 4.99 Å². The van der Waals surface area contributed by atoms with Gasteiger partial charge in [0.25, 0.3) is 0 Å². The van der Waals surface area contributed by atoms with Crippen LogP contribution < -0.4 is 14.2 Å². The SMILES string of the molecule is COc1ccc(CCN=Cc2[nH]c(-c3ccc[nH]3)cc2OC)cc1OC. The molecule has 0 aliphatic rings. The van der Waals surface area contributed by atoms with Crippen molar-refractivity contribution in [2.75, 3.05) is 27.9 Å². The number of hydrogen-bond acceptors (Lipinski definition) is 4. The van der Waals surface area contributed by atoms with Crippen LogP contribution in [-0.4, -0.2) is 44.1 Å². The van der Waals surface area contributed by atoms with Gasteiger partial charge in [0.1, 0.15) is 5.75 Å². The van der Waals surface area contributed by atoms with Crippen LogP contribution in [0.3, 0.4) is 0 Å². The lowest BCUT2D eigenvalue weighted by Gasteiger charge is -2.08. The lowest BCUT2D eigenvalue weighted by atomic mass is 10.1. The van der Waals surface area contributed by atoms with Gasteiger partial charge in [0.15, 0.2) is 11.5 Å². The number of nitrogens with one attached hydrogen (secondary N) is 2. The van der Waals surface area contributed by atoms with E-state index >= 15 is 0 Å². The van der Waals surface area contributed by atoms with E-state index in [1.807, 2.05) is 48.8 Å². The van der Waals surface area contributed by atoms with Gasteiger partial charge in [0.2, 0.25) is 0 Å². The van der Waals surface area contributed by atoms with E-state index in [2.05, 4.69) is 15.0 Å². The number of methoxy groups -OCH3 is 3. The highest BCUT2D eigenvalue weighted by atomic mass is 16.5. The Hall–Kier alpha value is -3.15. The number of aromatic nitrogens is 2. The smallest absolute Gasteiger partial charge is 0.160 e. The lowest BCUT2D eigenvalue weighted by Crippen LogP contribution is -1.95. The molecule has 2 heterocycles. The van der Waals surface area contributed by atoms with Gasteiger partial charge in [-0.05, 0) is 36.2 Å². The number of H-pyrrole nitrogens is 2. The van der Waals surface area contributed by atoms with E-state index < -0.39 is 0 Å². The van der Waals surface area contributed by atoms with Gasteiger partial charge in [-0.1, -0.05) is 6.07 Å². The number of rotatable bonds is 8. The van der Waals surface area contributed by atoms with Gasteiger partial charge in [-0.25, -0.2) is 0 Å². The largest absolute Gasteiger partial charge is 0.494 e. The van der Waals surface area contributed by atoms with Crippen LogP contribution in [0.2, 0.25) is 0 Å². The molecule has 3 aromatic rings. The molecular weight excluding hydrogens is 330 g/mol. The van der Waals surface area contributed by atoms with Gasteiger partial charge >= 0.3 is 0 Å². The van der Waals surface area contributed by atoms with Crippen molar-refractivity contribution in [1.82, 2.24) is 9.97 Å². The van der Waals surface area contributed by atoms with E-state index in [1.165, 1.54) is 0 Å². The summed E-state index contributed by atoms with van der Waals surface area (Å²) < 4.78 is 16.0. The van der Waals surface area contributed by atoms with E-state index in [1.54, 1.807) is 21.3 Å². The fourth-order valence-electron chi connectivity index (χ4n) is 2.74. The summed E-state index contributed by atoms with van der Waals surface area (Å²) in [5.74, 6) is 2.23. The highest BCUT2D eigenvalue weighted by Crippen LogP contribution is 2.28. The number of hydrogen-bond donors (Lipinski definition) is 2. The monoisotopic (exact) mass is 353 g/mol. The molecule has 0 saturated carbocycles. The molecule has 0 amide bonds. The zero-order valence-electron chi connectivity index (χ0n) is 15.2. The molecule has 0 saturated heterocycles. The predicted octanol–water partition coefficient (Wildman–Crippen LogP) is 3.70. The summed E-state index contributed by atoms with van der Waals surface area (Å²) in [4.78, 5) is 11.0. The van der Waals surface area contributed by atoms with Crippen LogP contribution in [0.4, 0.5) is 0 Å². The summed E-state index contributed by atoms with van der Waals surface area (Å²) in [7, 11) is 4.93. The van der Waals surface area contributed by atoms with Crippen LogP contribution in [0, 0.1) is 0 Å². The zero-order chi connectivity index (χ0) is 18.4. The Bertz CT molecular complexity index is 867. The number of ether oxygens (including phenoxy) is 3. The zero-order valence-corrected chi connectivity index (χ0v) is 15.2. The molecule has 26 heavy (non-hydrogen) atoms. The maximum atomic E-state index is 5.43. The summed E-state index contributed by atoms with van der Waals surface area (Å²) in [6.07, 6.45) is 4.51. The van der Waals surface area contributed by atoms with Crippen molar-refractivity contribution in [3.63, 3.8) is 0 Å². The second kappa shape index (κ2) is 8.29. The quantitative estimate of drug-likeness (QED) is 0.607. The minimum atomic E-state index is 0.662. The van der Waals surface area contributed by atoms with Gasteiger partial charge in [0.05, 0.1) is 38.4 Å². The molecule has 6 nitrogen and oxygen atoms in total. The molecule has 0 fully saturated rings. The van der Waals surface area contributed by atoms with E-state index in [9.17, 15) is 0 Å². The molecule has 6 heteroatoms. The Balaban J connectivity index is 1.66. The normalized spacial score (nSPS) is 11.0. The Morgan fingerprint density at radius 2 is 1.73 bits per heavy atom. The van der Waals surface area contributed by atoms with E-state index in [0.29, 0.717) is 6.54 Å². The van der Waals surface area contributed by atoms with Crippen molar-refractivity contribution < 1.29 is 14.2 Å². The third kappa shape index (κ3) is 3.91. The molecular formula is C20H23N3O3. The van der Waals surface area contributed by atoms with Crippen molar-refractivity contribution in [2.45, 2.75) is 6.42 Å². The third-order valence-electron chi connectivity index (χ3n) is 4.12. The van der Waals surface area contributed by atoms with Crippen LogP contribution in [-0.2, 0) is 6.42 Å². The van der Waals surface area contributed by atoms with Crippen molar-refractivity contribution >= 4 is 6.21 Å². The van der Waals surface area contributed by atoms with Gasteiger partial charge in [-0.2, -0.15) is 0 Å². The Morgan fingerprint density at radius 1 is 0.923 bits per heavy atom. The fraction of sp³-hybridized carbons (Fsp3) is 0.250. The maximum Gasteiger partial charge on any atom is 0.160 e. The standard InChI is InChI=1S/C20H23N3O3/c1-24-18-7-6-14(11-20(18)26-3)8-10-21-13-17-19(25-2)12-16(23-17)15-5-4-9-22-15/h4-7,9,11-13,22-23H,8,10H2,1-3H3. The molecule has 136 valence electrons. The summed E-state index contributed by atoms with van der Waals surface area (Å²) in [6.45, 7) is 0.662. The van der Waals surface area contributed by atoms with Crippen LogP contribution in [0.25, 0.3) is 11.4 Å². The Morgan fingerprint density at radius 3 is 2.42 bits per heavy atom. The van der Waals surface area contributed by atoms with Gasteiger partial charge in [0, 0.05) is 25.0 Å². The summed E-state index contributed by atoms with van der Waals surface area (Å²) >= 11 is 0. The molecule has 0 spiro atoms. The molecule has 0 radical (unpaired) electrons. The first-order chi connectivity index (χ1) is 12.7. The van der Waals surface area contributed by atoms with Crippen molar-refractivity contribution in [1.29, 1.82) is 0 Å². The van der Waals surface area contributed by atoms with Crippen LogP contribution in [0.15, 0.2) is 47.6 Å². The average molecular weight is 353 g/mol. The summed E-state index contributed by atoms with van der Waals surface area (Å²) in [5.41, 5.74) is 3.97. The summed E-state index contributed by atoms with van der Waals surface area (Å²) in [5, 5.41) is 0. The summed E-state index contributed by atoms with van der Waals surface area (Å²) in [6, 6.07) is 11.8. The number of nitrogens with zero attached hydrogens (tertiary/aromatic N) is 1. The van der Waals surface area contributed by atoms with Gasteiger partial charge in [-0.15, -0.1) is 0 Å². The first-order valence-corrected chi connectivity index (χ1v) is 8.36. The molecule has 1 aromatic carbocycles. The Kier molecular flexibility index (Phi) is 5.63. The molecule has 0 unspecified atom stereocenters.